The monoisotopic (exact) mass is 1370 g/mol. The topological polar surface area (TPSA) is 68.8 Å². The summed E-state index contributed by atoms with van der Waals surface area (Å²) in [7, 11) is 0. The van der Waals surface area contributed by atoms with Gasteiger partial charge >= 0.3 is 481 Å². The van der Waals surface area contributed by atoms with E-state index in [9.17, 15) is 10.2 Å². The van der Waals surface area contributed by atoms with Crippen molar-refractivity contribution in [2.24, 2.45) is 10.8 Å². The molecular formula is C88H112F2GeN2O4. The molecule has 6 nitrogen and oxygen atoms in total. The quantitative estimate of drug-likeness (QED) is 0.0946. The van der Waals surface area contributed by atoms with Crippen LogP contribution in [0, 0.1) is 22.5 Å². The van der Waals surface area contributed by atoms with Crippen molar-refractivity contribution in [3.05, 3.63) is 178 Å². The molecule has 0 unspecified atom stereocenters. The van der Waals surface area contributed by atoms with Gasteiger partial charge in [-0.2, -0.15) is 0 Å². The Morgan fingerprint density at radius 2 is 0.629 bits per heavy atom. The Bertz CT molecular complexity index is 4210. The number of ether oxygens (including phenoxy) is 2. The van der Waals surface area contributed by atoms with Crippen LogP contribution >= 0.6 is 0 Å². The Morgan fingerprint density at radius 3 is 0.876 bits per heavy atom. The van der Waals surface area contributed by atoms with E-state index >= 15 is 8.78 Å². The summed E-state index contributed by atoms with van der Waals surface area (Å²) < 4.78 is 52.0. The number of phenols is 2. The van der Waals surface area contributed by atoms with E-state index in [2.05, 4.69) is 286 Å². The Kier molecular flexibility index (Phi) is 19.0. The molecule has 0 aliphatic rings. The van der Waals surface area contributed by atoms with Gasteiger partial charge in [0.05, 0.1) is 0 Å². The van der Waals surface area contributed by atoms with Crippen LogP contribution in [0.15, 0.2) is 133 Å². The first-order valence-electron chi connectivity index (χ1n) is 35.4. The van der Waals surface area contributed by atoms with Crippen LogP contribution in [0.4, 0.5) is 8.78 Å². The maximum absolute atomic E-state index is 16.4. The average molecular weight is 1370 g/mol. The van der Waals surface area contributed by atoms with Gasteiger partial charge in [0, 0.05) is 0 Å². The van der Waals surface area contributed by atoms with E-state index in [1.165, 1.54) is 46.5 Å². The molecule has 10 aromatic rings. The molecule has 0 saturated carbocycles. The Morgan fingerprint density at radius 1 is 0.351 bits per heavy atom. The number of fused-ring (bicyclic) bond motifs is 6. The molecule has 0 saturated heterocycles. The number of nitrogens with zero attached hydrogens (tertiary/aromatic N) is 2. The molecule has 2 aromatic heterocycles. The molecule has 0 radical (unpaired) electrons. The summed E-state index contributed by atoms with van der Waals surface area (Å²) in [6, 6.07) is 44.6. The van der Waals surface area contributed by atoms with Crippen LogP contribution < -0.4 is 9.47 Å². The number of rotatable bonds is 16. The Hall–Kier alpha value is -7.04. The van der Waals surface area contributed by atoms with Gasteiger partial charge in [-0.25, -0.2) is 0 Å². The van der Waals surface area contributed by atoms with Gasteiger partial charge in [-0.05, 0) is 21.7 Å². The summed E-state index contributed by atoms with van der Waals surface area (Å²) in [6.45, 7) is 58.5. The van der Waals surface area contributed by atoms with Gasteiger partial charge in [-0.15, -0.1) is 0 Å². The predicted molar refractivity (Wildman–Crippen MR) is 412 cm³/mol. The normalized spacial score (nSPS) is 13.6. The number of benzene rings is 8. The van der Waals surface area contributed by atoms with Crippen molar-refractivity contribution in [3.63, 3.8) is 0 Å². The Labute approximate surface area is 582 Å². The van der Waals surface area contributed by atoms with E-state index in [0.29, 0.717) is 56.0 Å². The Balaban J connectivity index is 1.11. The number of aromatic hydroxyl groups is 2. The molecule has 97 heavy (non-hydrogen) atoms. The zero-order chi connectivity index (χ0) is 71.6. The minimum absolute atomic E-state index is 0.0248. The molecular weight excluding hydrogens is 1260 g/mol. The van der Waals surface area contributed by atoms with Gasteiger partial charge in [0.2, 0.25) is 0 Å². The summed E-state index contributed by atoms with van der Waals surface area (Å²) in [5.41, 5.74) is 13.2. The predicted octanol–water partition coefficient (Wildman–Crippen LogP) is 25.3. The van der Waals surface area contributed by atoms with Crippen molar-refractivity contribution in [2.75, 3.05) is 10.9 Å². The number of hydrogen-bond donors (Lipinski definition) is 2. The number of aromatic nitrogens is 2. The molecule has 9 heteroatoms. The maximum atomic E-state index is 16.4. The fourth-order valence-electron chi connectivity index (χ4n) is 15.5. The molecule has 0 bridgehead atoms. The van der Waals surface area contributed by atoms with Crippen molar-refractivity contribution >= 4 is 56.9 Å². The summed E-state index contributed by atoms with van der Waals surface area (Å²) in [5, 5.41) is 31.0. The molecule has 0 fully saturated rings. The van der Waals surface area contributed by atoms with Crippen molar-refractivity contribution in [1.82, 2.24) is 9.13 Å². The molecule has 0 amide bonds. The summed E-state index contributed by atoms with van der Waals surface area (Å²) in [6.07, 6.45) is 1.67. The fourth-order valence-corrected chi connectivity index (χ4v) is 23.1. The zero-order valence-electron chi connectivity index (χ0n) is 63.5. The molecule has 0 aliphatic heterocycles. The number of hydrogen-bond acceptors (Lipinski definition) is 4. The van der Waals surface area contributed by atoms with Crippen LogP contribution in [0.1, 0.15) is 226 Å². The van der Waals surface area contributed by atoms with Crippen LogP contribution in [0.25, 0.3) is 77.2 Å². The van der Waals surface area contributed by atoms with Gasteiger partial charge in [-0.1, -0.05) is 83.1 Å². The first kappa shape index (κ1) is 72.7. The summed E-state index contributed by atoms with van der Waals surface area (Å²) in [4.78, 5) is 0. The molecule has 0 aliphatic carbocycles. The average Bonchev–Trinajstić information content (AvgIpc) is 1.62. The van der Waals surface area contributed by atoms with Crippen LogP contribution in [0.2, 0.25) is 9.50 Å². The van der Waals surface area contributed by atoms with Crippen molar-refractivity contribution in [3.8, 4) is 56.6 Å². The standard InChI is InChI=1S/C88H112F2GeN2O4/c1-53(2)91(54(3)4,51-96-77-37-31-61(89)47-67(77)69-43-59(87(23,24)49-81(5,6)7)45-75(79(69)94)92-71-33-27-55(83(11,12)13)39-63(71)64-40-56(84(14,15)16)28-34-72(64)92)52-97-78-38-32-62(90)48-68(78)70-44-60(88(25,26)50-82(8,9)10)46-76(80(70)95)93-73-35-29-57(85(17,18)19)41-65(73)66-42-58(86(20,21)22)30-36-74(66)93/h27-48,53-54,94-95H,49-52H2,1-26H3. The van der Waals surface area contributed by atoms with E-state index in [4.69, 9.17) is 9.47 Å². The van der Waals surface area contributed by atoms with E-state index in [1.807, 2.05) is 0 Å². The third-order valence-electron chi connectivity index (χ3n) is 20.9. The van der Waals surface area contributed by atoms with E-state index in [1.54, 1.807) is 12.1 Å². The van der Waals surface area contributed by atoms with Gasteiger partial charge < -0.3 is 0 Å². The number of halogens is 2. The SMILES string of the molecule is C[CH](C)[Ge]([CH2]Oc1ccc(F)cc1-c1cc(C(C)(C)CC(C)(C)C)cc(-n2c3ccc(C(C)(C)C)cc3c3cc(C(C)(C)C)ccc32)c1O)([CH2]Oc1ccc(F)cc1-c1cc(C(C)(C)CC(C)(C)C)cc(-n2c3ccc(C(C)(C)C)cc3c3cc(C(C)(C)C)ccc32)c1O)[CH](C)C. The van der Waals surface area contributed by atoms with Crippen LogP contribution in [-0.4, -0.2) is 43.5 Å². The number of phenolic OH excluding ortho intramolecular Hbond substituents is 2. The minimum atomic E-state index is -3.56. The van der Waals surface area contributed by atoms with Gasteiger partial charge in [0.15, 0.2) is 0 Å². The zero-order valence-corrected chi connectivity index (χ0v) is 65.6. The third-order valence-corrected chi connectivity index (χ3v) is 33.4. The fraction of sp³-hybridized carbons (Fsp3) is 0.455. The van der Waals surface area contributed by atoms with Crippen molar-refractivity contribution < 1.29 is 28.5 Å². The van der Waals surface area contributed by atoms with E-state index in [-0.39, 0.29) is 53.5 Å². The molecule has 0 spiro atoms. The molecule has 8 aromatic carbocycles. The van der Waals surface area contributed by atoms with Crippen molar-refractivity contribution in [2.45, 2.75) is 235 Å². The third kappa shape index (κ3) is 14.6. The molecule has 0 atom stereocenters. The second-order valence-corrected chi connectivity index (χ2v) is 48.3. The van der Waals surface area contributed by atoms with Crippen molar-refractivity contribution in [1.29, 1.82) is 0 Å². The van der Waals surface area contributed by atoms with Crippen LogP contribution in [-0.2, 0) is 32.5 Å². The van der Waals surface area contributed by atoms with Crippen LogP contribution in [0.5, 0.6) is 23.0 Å². The van der Waals surface area contributed by atoms with Gasteiger partial charge in [0.25, 0.3) is 0 Å². The molecule has 10 rings (SSSR count). The molecule has 516 valence electrons. The van der Waals surface area contributed by atoms with E-state index in [0.717, 1.165) is 67.6 Å². The van der Waals surface area contributed by atoms with Gasteiger partial charge in [0.1, 0.15) is 0 Å². The first-order valence-corrected chi connectivity index (χ1v) is 40.8. The first-order chi connectivity index (χ1) is 44.6. The van der Waals surface area contributed by atoms with Crippen LogP contribution in [0.3, 0.4) is 0 Å². The molecule has 2 heterocycles. The molecule has 2 N–H and O–H groups in total. The second-order valence-electron chi connectivity index (χ2n) is 37.0. The van der Waals surface area contributed by atoms with E-state index < -0.39 is 35.7 Å². The second kappa shape index (κ2) is 25.3. The summed E-state index contributed by atoms with van der Waals surface area (Å²) >= 11 is -3.56. The van der Waals surface area contributed by atoms with Gasteiger partial charge in [-0.3, -0.25) is 0 Å². The summed E-state index contributed by atoms with van der Waals surface area (Å²) in [5.74, 6) is 0.0717.